The van der Waals surface area contributed by atoms with Crippen molar-refractivity contribution >= 4 is 11.9 Å². The Morgan fingerprint density at radius 1 is 1.11 bits per heavy atom. The number of carbonyl (C=O) groups is 2. The quantitative estimate of drug-likeness (QED) is 0.740. The van der Waals surface area contributed by atoms with Gasteiger partial charge in [0, 0.05) is 18.0 Å². The third kappa shape index (κ3) is 7.09. The Morgan fingerprint density at radius 2 is 1.74 bits per heavy atom. The predicted octanol–water partition coefficient (Wildman–Crippen LogP) is 3.67. The van der Waals surface area contributed by atoms with Crippen LogP contribution in [-0.2, 0) is 11.4 Å². The molecule has 0 fully saturated rings. The van der Waals surface area contributed by atoms with Crippen molar-refractivity contribution in [3.8, 4) is 5.75 Å². The number of carboxylic acids is 1. The van der Waals surface area contributed by atoms with Gasteiger partial charge in [-0.3, -0.25) is 9.78 Å². The highest BCUT2D eigenvalue weighted by Crippen LogP contribution is 2.22. The molecule has 0 saturated carbocycles. The number of nitrogens with zero attached hydrogens (tertiary/aromatic N) is 1. The molecule has 2 rings (SSSR count). The monoisotopic (exact) mass is 370 g/mol. The summed E-state index contributed by atoms with van der Waals surface area (Å²) in [5.41, 5.74) is 1.40. The Morgan fingerprint density at radius 3 is 2.30 bits per heavy atom. The topological polar surface area (TPSA) is 88.5 Å². The molecule has 1 aromatic carbocycles. The first-order chi connectivity index (χ1) is 12.7. The number of aliphatic carboxylic acids is 1. The summed E-state index contributed by atoms with van der Waals surface area (Å²) in [5, 5.41) is 11.9. The summed E-state index contributed by atoms with van der Waals surface area (Å²) in [4.78, 5) is 27.7. The number of carboxylic acid groups (broad SMARTS) is 1. The molecule has 0 aliphatic carbocycles. The zero-order chi connectivity index (χ0) is 19.9. The van der Waals surface area contributed by atoms with Crippen LogP contribution in [0.1, 0.15) is 49.5 Å². The Labute approximate surface area is 159 Å². The van der Waals surface area contributed by atoms with Crippen LogP contribution in [0.5, 0.6) is 5.75 Å². The second-order valence-corrected chi connectivity index (χ2v) is 7.63. The largest absolute Gasteiger partial charge is 0.489 e. The summed E-state index contributed by atoms with van der Waals surface area (Å²) in [5.74, 6) is -0.798. The standard InChI is InChI=1S/C21H26N2O4/c1-21(2,3)11-8-18(20(25)26)23-19(24)16-4-6-17(7-5-16)27-14-15-9-12-22-13-10-15/h4-7,9-10,12-13,18H,8,11,14H2,1-3H3,(H,23,24)(H,25,26). The maximum atomic E-state index is 12.4. The van der Waals surface area contributed by atoms with Gasteiger partial charge in [-0.15, -0.1) is 0 Å². The van der Waals surface area contributed by atoms with Gasteiger partial charge in [0.1, 0.15) is 18.4 Å². The average Bonchev–Trinajstić information content (AvgIpc) is 2.63. The van der Waals surface area contributed by atoms with Crippen LogP contribution >= 0.6 is 0 Å². The van der Waals surface area contributed by atoms with Gasteiger partial charge >= 0.3 is 5.97 Å². The maximum Gasteiger partial charge on any atom is 0.326 e. The summed E-state index contributed by atoms with van der Waals surface area (Å²) in [7, 11) is 0. The van der Waals surface area contributed by atoms with Crippen LogP contribution in [0.3, 0.4) is 0 Å². The molecular weight excluding hydrogens is 344 g/mol. The SMILES string of the molecule is CC(C)(C)CCC(NC(=O)c1ccc(OCc2ccncc2)cc1)C(=O)O. The van der Waals surface area contributed by atoms with E-state index in [0.29, 0.717) is 30.8 Å². The third-order valence-electron chi connectivity index (χ3n) is 4.06. The minimum atomic E-state index is -1.02. The van der Waals surface area contributed by atoms with Crippen molar-refractivity contribution in [1.82, 2.24) is 10.3 Å². The van der Waals surface area contributed by atoms with E-state index in [-0.39, 0.29) is 5.41 Å². The van der Waals surface area contributed by atoms with E-state index in [1.165, 1.54) is 0 Å². The van der Waals surface area contributed by atoms with Crippen molar-refractivity contribution in [3.63, 3.8) is 0 Å². The maximum absolute atomic E-state index is 12.4. The molecule has 1 atom stereocenters. The summed E-state index contributed by atoms with van der Waals surface area (Å²) in [6, 6.07) is 9.47. The molecular formula is C21H26N2O4. The van der Waals surface area contributed by atoms with Crippen molar-refractivity contribution in [2.45, 2.75) is 46.3 Å². The zero-order valence-corrected chi connectivity index (χ0v) is 15.9. The Kier molecular flexibility index (Phi) is 6.93. The first-order valence-corrected chi connectivity index (χ1v) is 8.90. The normalized spacial score (nSPS) is 12.3. The van der Waals surface area contributed by atoms with Crippen LogP contribution in [0, 0.1) is 5.41 Å². The minimum Gasteiger partial charge on any atom is -0.489 e. The van der Waals surface area contributed by atoms with E-state index in [2.05, 4.69) is 10.3 Å². The summed E-state index contributed by atoms with van der Waals surface area (Å²) in [6.07, 6.45) is 4.49. The number of benzene rings is 1. The number of pyridine rings is 1. The molecule has 1 aromatic heterocycles. The van der Waals surface area contributed by atoms with Crippen LogP contribution in [0.15, 0.2) is 48.8 Å². The van der Waals surface area contributed by atoms with E-state index in [1.807, 2.05) is 32.9 Å². The Balaban J connectivity index is 1.92. The van der Waals surface area contributed by atoms with Crippen molar-refractivity contribution < 1.29 is 19.4 Å². The van der Waals surface area contributed by atoms with Crippen molar-refractivity contribution in [2.75, 3.05) is 0 Å². The van der Waals surface area contributed by atoms with Gasteiger partial charge in [-0.1, -0.05) is 20.8 Å². The molecule has 2 aromatic rings. The number of ether oxygens (including phenoxy) is 1. The third-order valence-corrected chi connectivity index (χ3v) is 4.06. The van der Waals surface area contributed by atoms with E-state index in [0.717, 1.165) is 5.56 Å². The molecule has 0 aliphatic heterocycles. The van der Waals surface area contributed by atoms with Gasteiger partial charge in [0.15, 0.2) is 0 Å². The second kappa shape index (κ2) is 9.16. The summed E-state index contributed by atoms with van der Waals surface area (Å²) >= 11 is 0. The van der Waals surface area contributed by atoms with Crippen LogP contribution in [0.4, 0.5) is 0 Å². The molecule has 0 saturated heterocycles. The molecule has 6 heteroatoms. The van der Waals surface area contributed by atoms with Gasteiger partial charge in [-0.25, -0.2) is 4.79 Å². The molecule has 144 valence electrons. The van der Waals surface area contributed by atoms with Crippen molar-refractivity contribution in [2.24, 2.45) is 5.41 Å². The van der Waals surface area contributed by atoms with E-state index < -0.39 is 17.9 Å². The highest BCUT2D eigenvalue weighted by atomic mass is 16.5. The molecule has 0 bridgehead atoms. The lowest BCUT2D eigenvalue weighted by molar-refractivity contribution is -0.139. The molecule has 1 heterocycles. The lowest BCUT2D eigenvalue weighted by Gasteiger charge is -2.21. The molecule has 1 amide bonds. The van der Waals surface area contributed by atoms with Crippen LogP contribution in [0.25, 0.3) is 0 Å². The molecule has 6 nitrogen and oxygen atoms in total. The fourth-order valence-corrected chi connectivity index (χ4v) is 2.42. The number of rotatable bonds is 8. The Hall–Kier alpha value is -2.89. The van der Waals surface area contributed by atoms with Crippen LogP contribution < -0.4 is 10.1 Å². The summed E-state index contributed by atoms with van der Waals surface area (Å²) in [6.45, 7) is 6.52. The van der Waals surface area contributed by atoms with Crippen molar-refractivity contribution in [1.29, 1.82) is 0 Å². The highest BCUT2D eigenvalue weighted by molar-refractivity contribution is 5.96. The lowest BCUT2D eigenvalue weighted by atomic mass is 9.88. The average molecular weight is 370 g/mol. The first kappa shape index (κ1) is 20.4. The second-order valence-electron chi connectivity index (χ2n) is 7.63. The predicted molar refractivity (Wildman–Crippen MR) is 103 cm³/mol. The number of hydrogen-bond donors (Lipinski definition) is 2. The van der Waals surface area contributed by atoms with E-state index in [4.69, 9.17) is 4.74 Å². The van der Waals surface area contributed by atoms with Gasteiger partial charge < -0.3 is 15.2 Å². The lowest BCUT2D eigenvalue weighted by Crippen LogP contribution is -2.41. The fourth-order valence-electron chi connectivity index (χ4n) is 2.42. The first-order valence-electron chi connectivity index (χ1n) is 8.90. The van der Waals surface area contributed by atoms with Crippen LogP contribution in [0.2, 0.25) is 0 Å². The molecule has 1 unspecified atom stereocenters. The summed E-state index contributed by atoms with van der Waals surface area (Å²) < 4.78 is 5.67. The number of hydrogen-bond acceptors (Lipinski definition) is 4. The van der Waals surface area contributed by atoms with E-state index >= 15 is 0 Å². The molecule has 0 aliphatic rings. The molecule has 2 N–H and O–H groups in total. The molecule has 0 spiro atoms. The minimum absolute atomic E-state index is 0.00618. The number of amides is 1. The van der Waals surface area contributed by atoms with Gasteiger partial charge in [-0.2, -0.15) is 0 Å². The zero-order valence-electron chi connectivity index (χ0n) is 15.9. The van der Waals surface area contributed by atoms with Crippen molar-refractivity contribution in [3.05, 3.63) is 59.9 Å². The molecule has 27 heavy (non-hydrogen) atoms. The number of nitrogens with one attached hydrogen (secondary N) is 1. The van der Waals surface area contributed by atoms with Gasteiger partial charge in [0.05, 0.1) is 0 Å². The van der Waals surface area contributed by atoms with E-state index in [1.54, 1.807) is 36.7 Å². The fraction of sp³-hybridized carbons (Fsp3) is 0.381. The Bertz CT molecular complexity index is 752. The highest BCUT2D eigenvalue weighted by Gasteiger charge is 2.23. The van der Waals surface area contributed by atoms with Gasteiger partial charge in [-0.05, 0) is 60.2 Å². The van der Waals surface area contributed by atoms with Crippen LogP contribution in [-0.4, -0.2) is 28.0 Å². The molecule has 0 radical (unpaired) electrons. The van der Waals surface area contributed by atoms with Gasteiger partial charge in [0.25, 0.3) is 5.91 Å². The smallest absolute Gasteiger partial charge is 0.326 e. The number of aromatic nitrogens is 1. The van der Waals surface area contributed by atoms with E-state index in [9.17, 15) is 14.7 Å². The number of carbonyl (C=O) groups excluding carboxylic acids is 1. The van der Waals surface area contributed by atoms with Gasteiger partial charge in [0.2, 0.25) is 0 Å².